The van der Waals surface area contributed by atoms with Crippen LogP contribution in [0, 0.1) is 6.57 Å². The normalized spacial score (nSPS) is 46.3. The van der Waals surface area contributed by atoms with Crippen molar-refractivity contribution in [1.29, 1.82) is 0 Å². The van der Waals surface area contributed by atoms with E-state index in [4.69, 9.17) is 58.3 Å². The molecule has 16 heteroatoms. The Morgan fingerprint density at radius 3 is 1.59 bits per heavy atom. The van der Waals surface area contributed by atoms with Crippen LogP contribution in [-0.2, 0) is 51.7 Å². The van der Waals surface area contributed by atoms with Crippen LogP contribution >= 0.6 is 8.38 Å². The zero-order chi connectivity index (χ0) is 36.1. The zero-order valence-corrected chi connectivity index (χ0v) is 31.2. The molecule has 0 aromatic heterocycles. The molecule has 15 nitrogen and oxygen atoms in total. The van der Waals surface area contributed by atoms with Crippen LogP contribution in [0.1, 0.15) is 47.5 Å². The highest BCUT2D eigenvalue weighted by Gasteiger charge is 2.67. The summed E-state index contributed by atoms with van der Waals surface area (Å²) in [7, 11) is 3.80. The third kappa shape index (κ3) is 7.58. The lowest BCUT2D eigenvalue weighted by molar-refractivity contribution is -0.206. The number of fused-ring (bicyclic) bond motifs is 6. The number of aliphatic hydroxyl groups excluding tert-OH is 3. The summed E-state index contributed by atoms with van der Waals surface area (Å²) < 4.78 is 61.9. The van der Waals surface area contributed by atoms with Gasteiger partial charge < -0.3 is 71.8 Å². The minimum absolute atomic E-state index is 0.00898. The van der Waals surface area contributed by atoms with Crippen LogP contribution in [0.3, 0.4) is 0 Å². The molecule has 6 rings (SSSR count). The topological polar surface area (TPSA) is 167 Å². The van der Waals surface area contributed by atoms with Gasteiger partial charge in [-0.3, -0.25) is 0 Å². The van der Waals surface area contributed by atoms with E-state index in [1.54, 1.807) is 21.3 Å². The van der Waals surface area contributed by atoms with E-state index in [9.17, 15) is 15.3 Å². The Kier molecular flexibility index (Phi) is 14.6. The van der Waals surface area contributed by atoms with Crippen LogP contribution in [0.2, 0.25) is 0 Å². The first-order chi connectivity index (χ1) is 23.4. The quantitative estimate of drug-likeness (QED) is 0.134. The molecule has 6 aliphatic heterocycles. The lowest BCUT2D eigenvalue weighted by atomic mass is 9.90. The molecule has 49 heavy (non-hydrogen) atoms. The van der Waals surface area contributed by atoms with Crippen molar-refractivity contribution in [1.82, 2.24) is 0 Å². The summed E-state index contributed by atoms with van der Waals surface area (Å²) >= 11 is 0. The highest BCUT2D eigenvalue weighted by Crippen LogP contribution is 2.52. The van der Waals surface area contributed by atoms with Crippen molar-refractivity contribution in [3.63, 3.8) is 0 Å². The molecule has 0 saturated carbocycles. The molecule has 6 fully saturated rings. The average Bonchev–Trinajstić information content (AvgIpc) is 3.83. The summed E-state index contributed by atoms with van der Waals surface area (Å²) in [5.74, 6) is 0. The van der Waals surface area contributed by atoms with Crippen LogP contribution in [0.4, 0.5) is 0 Å². The van der Waals surface area contributed by atoms with Gasteiger partial charge in [0.2, 0.25) is 6.54 Å². The van der Waals surface area contributed by atoms with Gasteiger partial charge in [0, 0.05) is 28.0 Å². The summed E-state index contributed by atoms with van der Waals surface area (Å²) in [5, 5.41) is 29.2. The molecule has 0 radical (unpaired) electrons. The number of hydrogen-bond acceptors (Lipinski definition) is 14. The molecular formula is C33H58NO14P. The van der Waals surface area contributed by atoms with Crippen molar-refractivity contribution in [3.8, 4) is 0 Å². The first-order valence-electron chi connectivity index (χ1n) is 17.2. The van der Waals surface area contributed by atoms with Gasteiger partial charge in [-0.2, -0.15) is 0 Å². The van der Waals surface area contributed by atoms with Gasteiger partial charge in [0.05, 0.1) is 44.7 Å². The fraction of sp³-hybridized carbons (Fsp3) is 0.970. The third-order valence-corrected chi connectivity index (χ3v) is 11.7. The van der Waals surface area contributed by atoms with Gasteiger partial charge in [-0.05, 0) is 33.6 Å². The van der Waals surface area contributed by atoms with Crippen molar-refractivity contribution in [3.05, 3.63) is 11.4 Å². The van der Waals surface area contributed by atoms with E-state index < -0.39 is 37.4 Å². The van der Waals surface area contributed by atoms with Crippen LogP contribution < -0.4 is 0 Å². The molecule has 0 aromatic rings. The van der Waals surface area contributed by atoms with Crippen molar-refractivity contribution >= 4 is 8.38 Å². The van der Waals surface area contributed by atoms with E-state index in [1.165, 1.54) is 0 Å². The molecule has 0 aromatic carbocycles. The van der Waals surface area contributed by atoms with Crippen molar-refractivity contribution < 1.29 is 67.0 Å². The molecule has 1 unspecified atom stereocenters. The Balaban J connectivity index is 0.000000171. The fourth-order valence-electron chi connectivity index (χ4n) is 8.11. The second-order valence-electron chi connectivity index (χ2n) is 13.4. The van der Waals surface area contributed by atoms with Gasteiger partial charge >= 0.3 is 0 Å². The van der Waals surface area contributed by atoms with Crippen molar-refractivity contribution in [2.45, 2.75) is 138 Å². The maximum atomic E-state index is 10.0. The number of methoxy groups -OCH3 is 3. The van der Waals surface area contributed by atoms with E-state index in [1.807, 2.05) is 34.4 Å². The number of nitrogens with zero attached hydrogens (tertiary/aromatic N) is 1. The predicted octanol–water partition coefficient (Wildman–Crippen LogP) is 1.47. The lowest BCUT2D eigenvalue weighted by Crippen LogP contribution is -2.52. The fourth-order valence-corrected chi connectivity index (χ4v) is 9.13. The molecular weight excluding hydrogens is 665 g/mol. The monoisotopic (exact) mass is 723 g/mol. The Bertz CT molecular complexity index is 1040. The van der Waals surface area contributed by atoms with Gasteiger partial charge in [-0.25, -0.2) is 6.57 Å². The summed E-state index contributed by atoms with van der Waals surface area (Å²) in [5.41, 5.74) is -1.99. The van der Waals surface area contributed by atoms with Crippen LogP contribution in [0.15, 0.2) is 0 Å². The van der Waals surface area contributed by atoms with E-state index in [0.717, 1.165) is 12.8 Å². The molecule has 0 spiro atoms. The SMILES string of the molecule is CC[C@]12O[C@@H](C)[C@H](O[C@H]1COC)[C@@H]2O.COC[C@@H]1O[C@H]2[C@H](C)O[C@]1(CO)[C@H]2O.[C-]#[N+]CCOP(C)O[C@H]1[C@H]2O[C@@H](COC)[C@]1(CC)O[C@H]2C. The van der Waals surface area contributed by atoms with E-state index in [-0.39, 0.29) is 67.6 Å². The molecule has 6 aliphatic rings. The van der Waals surface area contributed by atoms with Gasteiger partial charge in [-0.1, -0.05) is 13.8 Å². The Morgan fingerprint density at radius 2 is 1.14 bits per heavy atom. The van der Waals surface area contributed by atoms with Gasteiger partial charge in [0.25, 0.3) is 0 Å². The first kappa shape index (κ1) is 41.1. The van der Waals surface area contributed by atoms with E-state index in [2.05, 4.69) is 11.8 Å². The summed E-state index contributed by atoms with van der Waals surface area (Å²) in [4.78, 5) is 3.27. The van der Waals surface area contributed by atoms with E-state index in [0.29, 0.717) is 33.0 Å². The maximum Gasteiger partial charge on any atom is 0.238 e. The molecule has 0 aliphatic carbocycles. The highest BCUT2D eigenvalue weighted by atomic mass is 31.2. The largest absolute Gasteiger partial charge is 0.393 e. The Labute approximate surface area is 291 Å². The zero-order valence-electron chi connectivity index (χ0n) is 30.3. The first-order valence-corrected chi connectivity index (χ1v) is 18.8. The smallest absolute Gasteiger partial charge is 0.238 e. The van der Waals surface area contributed by atoms with Crippen LogP contribution in [0.5, 0.6) is 0 Å². The minimum Gasteiger partial charge on any atom is -0.393 e. The molecule has 6 heterocycles. The number of aliphatic hydroxyl groups is 3. The Hall–Kier alpha value is -0.640. The maximum absolute atomic E-state index is 10.0. The molecule has 284 valence electrons. The van der Waals surface area contributed by atoms with Gasteiger partial charge in [0.15, 0.2) is 8.38 Å². The van der Waals surface area contributed by atoms with Crippen molar-refractivity contribution in [2.24, 2.45) is 0 Å². The standard InChI is InChI=1S/C14H24NO5P.C10H18O4.C9H16O5/c1-6-14-11(9-16-4)18-12(10(2)19-14)13(14)20-21(5)17-8-7-15-3;1-4-10-7(5-12-3)13-8(9(10)11)6(2)14-10;1-5-7-8(11)9(4-10,14-5)6(13-7)3-12-2/h10-13H,6-9H2,1-2,4-5H3;6-9,11H,4-5H2,1-3H3;5-8,10-11H,3-4H2,1-2H3/t10-,11-,12-,13-,14-,21?;6-,7-,8-,9-,10-;5-,6-,7-,8-,9-/m000/s1. The molecule has 16 atom stereocenters. The second kappa shape index (κ2) is 17.5. The van der Waals surface area contributed by atoms with Gasteiger partial charge in [0.1, 0.15) is 78.3 Å². The van der Waals surface area contributed by atoms with Crippen LogP contribution in [-0.4, -0.2) is 173 Å². The number of rotatable bonds is 14. The predicted molar refractivity (Wildman–Crippen MR) is 176 cm³/mol. The minimum atomic E-state index is -1.05. The summed E-state index contributed by atoms with van der Waals surface area (Å²) in [6.07, 6.45) is -1.27. The van der Waals surface area contributed by atoms with Crippen LogP contribution in [0.25, 0.3) is 4.85 Å². The molecule has 6 bridgehead atoms. The van der Waals surface area contributed by atoms with Crippen molar-refractivity contribution in [2.75, 3.05) is 67.6 Å². The van der Waals surface area contributed by atoms with Gasteiger partial charge in [-0.15, -0.1) is 0 Å². The number of ether oxygens (including phenoxy) is 9. The molecule has 3 N–H and O–H groups in total. The summed E-state index contributed by atoms with van der Waals surface area (Å²) in [6, 6.07) is 0. The lowest BCUT2D eigenvalue weighted by Gasteiger charge is -2.36. The molecule has 0 amide bonds. The summed E-state index contributed by atoms with van der Waals surface area (Å²) in [6.45, 7) is 20.4. The highest BCUT2D eigenvalue weighted by molar-refractivity contribution is 7.46. The Morgan fingerprint density at radius 1 is 0.714 bits per heavy atom. The second-order valence-corrected chi connectivity index (χ2v) is 14.8. The number of hydrogen-bond donors (Lipinski definition) is 3. The average molecular weight is 724 g/mol. The van der Waals surface area contributed by atoms with E-state index >= 15 is 0 Å². The third-order valence-electron chi connectivity index (χ3n) is 10.7. The molecule has 6 saturated heterocycles.